The molecule has 0 unspecified atom stereocenters. The van der Waals surface area contributed by atoms with Gasteiger partial charge >= 0.3 is 0 Å². The first kappa shape index (κ1) is 16.9. The maximum Gasteiger partial charge on any atom is 0.140 e. The van der Waals surface area contributed by atoms with Crippen LogP contribution in [0.4, 0.5) is 0 Å². The van der Waals surface area contributed by atoms with E-state index in [0.717, 1.165) is 0 Å². The van der Waals surface area contributed by atoms with Gasteiger partial charge in [0.15, 0.2) is 0 Å². The predicted octanol–water partition coefficient (Wildman–Crippen LogP) is 2.34. The molecule has 2 rings (SSSR count). The molecular formula is C20H28B2. The van der Waals surface area contributed by atoms with Crippen LogP contribution < -0.4 is 10.9 Å². The molecule has 0 radical (unpaired) electrons. The number of hydrogen-bond acceptors (Lipinski definition) is 0. The molecule has 0 spiro atoms. The van der Waals surface area contributed by atoms with E-state index in [1.807, 2.05) is 0 Å². The maximum atomic E-state index is 2.29. The summed E-state index contributed by atoms with van der Waals surface area (Å²) in [4.78, 5) is 0. The lowest BCUT2D eigenvalue weighted by Crippen LogP contribution is -2.27. The lowest BCUT2D eigenvalue weighted by molar-refractivity contribution is 1.18. The predicted molar refractivity (Wildman–Crippen MR) is 106 cm³/mol. The molecule has 0 N–H and O–H groups in total. The van der Waals surface area contributed by atoms with Crippen molar-refractivity contribution in [3.63, 3.8) is 0 Å². The summed E-state index contributed by atoms with van der Waals surface area (Å²) in [5, 5.41) is 0. The third-order valence-corrected chi connectivity index (χ3v) is 6.25. The van der Waals surface area contributed by atoms with Crippen molar-refractivity contribution >= 4 is 26.6 Å². The number of rotatable bonds is 1. The largest absolute Gasteiger partial charge is 0.140 e. The minimum Gasteiger partial charge on any atom is -0.0787 e. The standard InChI is InChI=1S/C20H28B2/c1-9-10(2)13(5)17(14(6)11(9)3)18-19(21)15(7)12(4)16(8)20(18)22/h21-22H2,1-8H3. The topological polar surface area (TPSA) is 0 Å². The summed E-state index contributed by atoms with van der Waals surface area (Å²) in [6.45, 7) is 18.1. The first-order valence-electron chi connectivity index (χ1n) is 8.25. The highest BCUT2D eigenvalue weighted by atomic mass is 14.2. The molecule has 2 heteroatoms. The van der Waals surface area contributed by atoms with Gasteiger partial charge in [0.05, 0.1) is 0 Å². The normalized spacial score (nSPS) is 11.1. The minimum absolute atomic E-state index is 1.44. The van der Waals surface area contributed by atoms with Crippen LogP contribution in [0.5, 0.6) is 0 Å². The van der Waals surface area contributed by atoms with Gasteiger partial charge in [-0.05, 0) is 99.9 Å². The third kappa shape index (κ3) is 2.24. The summed E-state index contributed by atoms with van der Waals surface area (Å²) in [5.41, 5.74) is 17.3. The summed E-state index contributed by atoms with van der Waals surface area (Å²) in [6, 6.07) is 0. The first-order chi connectivity index (χ1) is 10.1. The molecular weight excluding hydrogens is 262 g/mol. The molecule has 2 aromatic carbocycles. The molecule has 0 amide bonds. The molecule has 0 bridgehead atoms. The second-order valence-electron chi connectivity index (χ2n) is 7.00. The quantitative estimate of drug-likeness (QED) is 0.707. The average Bonchev–Trinajstić information content (AvgIpc) is 2.50. The van der Waals surface area contributed by atoms with Gasteiger partial charge in [-0.3, -0.25) is 0 Å². The summed E-state index contributed by atoms with van der Waals surface area (Å²) in [5.74, 6) is 0. The van der Waals surface area contributed by atoms with Crippen LogP contribution >= 0.6 is 0 Å². The summed E-state index contributed by atoms with van der Waals surface area (Å²) in [6.07, 6.45) is 0. The van der Waals surface area contributed by atoms with E-state index < -0.39 is 0 Å². The summed E-state index contributed by atoms with van der Waals surface area (Å²) >= 11 is 0. The molecule has 0 saturated carbocycles. The van der Waals surface area contributed by atoms with E-state index in [-0.39, 0.29) is 0 Å². The van der Waals surface area contributed by atoms with Crippen molar-refractivity contribution in [1.82, 2.24) is 0 Å². The van der Waals surface area contributed by atoms with Gasteiger partial charge in [-0.15, -0.1) is 0 Å². The SMILES string of the molecule is Bc1c(C)c(C)c(C)c(B)c1-c1c(C)c(C)c(C)c(C)c1C. The lowest BCUT2D eigenvalue weighted by Gasteiger charge is -2.25. The third-order valence-electron chi connectivity index (χ3n) is 6.25. The lowest BCUT2D eigenvalue weighted by atomic mass is 9.69. The zero-order valence-electron chi connectivity index (χ0n) is 16.0. The van der Waals surface area contributed by atoms with Gasteiger partial charge in [0.25, 0.3) is 0 Å². The molecule has 2 aromatic rings. The van der Waals surface area contributed by atoms with Crippen molar-refractivity contribution < 1.29 is 0 Å². The van der Waals surface area contributed by atoms with Crippen LogP contribution in [0.1, 0.15) is 44.5 Å². The molecule has 0 aromatic heterocycles. The second-order valence-corrected chi connectivity index (χ2v) is 7.00. The van der Waals surface area contributed by atoms with Crippen LogP contribution in [-0.2, 0) is 0 Å². The monoisotopic (exact) mass is 290 g/mol. The molecule has 22 heavy (non-hydrogen) atoms. The minimum atomic E-state index is 1.44. The molecule has 114 valence electrons. The zero-order valence-corrected chi connectivity index (χ0v) is 16.0. The van der Waals surface area contributed by atoms with E-state index in [0.29, 0.717) is 0 Å². The molecule has 0 atom stereocenters. The fourth-order valence-corrected chi connectivity index (χ4v) is 3.75. The second kappa shape index (κ2) is 5.65. The molecule has 0 aliphatic carbocycles. The van der Waals surface area contributed by atoms with Crippen LogP contribution in [0.25, 0.3) is 11.1 Å². The Hall–Kier alpha value is -1.43. The molecule has 0 heterocycles. The number of benzene rings is 2. The van der Waals surface area contributed by atoms with Crippen LogP contribution in [0.15, 0.2) is 0 Å². The van der Waals surface area contributed by atoms with Gasteiger partial charge in [0.2, 0.25) is 0 Å². The van der Waals surface area contributed by atoms with Crippen molar-refractivity contribution in [3.05, 3.63) is 44.5 Å². The highest BCUT2D eigenvalue weighted by molar-refractivity contribution is 6.45. The first-order valence-corrected chi connectivity index (χ1v) is 8.25. The van der Waals surface area contributed by atoms with E-state index >= 15 is 0 Å². The molecule has 0 saturated heterocycles. The zero-order chi connectivity index (χ0) is 16.9. The molecule has 0 fully saturated rings. The van der Waals surface area contributed by atoms with Gasteiger partial charge in [-0.25, -0.2) is 0 Å². The van der Waals surface area contributed by atoms with Gasteiger partial charge in [-0.2, -0.15) is 0 Å². The Bertz CT molecular complexity index is 658. The van der Waals surface area contributed by atoms with Crippen molar-refractivity contribution in [3.8, 4) is 11.1 Å². The van der Waals surface area contributed by atoms with Crippen LogP contribution in [0.3, 0.4) is 0 Å². The van der Waals surface area contributed by atoms with E-state index in [9.17, 15) is 0 Å². The van der Waals surface area contributed by atoms with E-state index in [1.54, 1.807) is 0 Å². The Morgan fingerprint density at radius 1 is 0.364 bits per heavy atom. The fourth-order valence-electron chi connectivity index (χ4n) is 3.75. The summed E-state index contributed by atoms with van der Waals surface area (Å²) in [7, 11) is 4.57. The Balaban J connectivity index is 3.03. The Morgan fingerprint density at radius 3 is 1.00 bits per heavy atom. The van der Waals surface area contributed by atoms with Gasteiger partial charge in [-0.1, -0.05) is 22.1 Å². The Labute approximate surface area is 138 Å². The summed E-state index contributed by atoms with van der Waals surface area (Å²) < 4.78 is 0. The van der Waals surface area contributed by atoms with Crippen LogP contribution in [0, 0.1) is 55.4 Å². The average molecular weight is 290 g/mol. The number of hydrogen-bond donors (Lipinski definition) is 0. The van der Waals surface area contributed by atoms with Gasteiger partial charge < -0.3 is 0 Å². The van der Waals surface area contributed by atoms with Crippen LogP contribution in [0.2, 0.25) is 0 Å². The van der Waals surface area contributed by atoms with E-state index in [1.165, 1.54) is 66.6 Å². The van der Waals surface area contributed by atoms with Crippen molar-refractivity contribution in [2.24, 2.45) is 0 Å². The Morgan fingerprint density at radius 2 is 0.636 bits per heavy atom. The highest BCUT2D eigenvalue weighted by Crippen LogP contribution is 2.33. The van der Waals surface area contributed by atoms with Crippen molar-refractivity contribution in [2.75, 3.05) is 0 Å². The van der Waals surface area contributed by atoms with Crippen molar-refractivity contribution in [1.29, 1.82) is 0 Å². The smallest absolute Gasteiger partial charge is 0.0787 e. The van der Waals surface area contributed by atoms with Gasteiger partial charge in [0.1, 0.15) is 15.7 Å². The fraction of sp³-hybridized carbons (Fsp3) is 0.400. The molecule has 0 nitrogen and oxygen atoms in total. The molecule has 0 aliphatic rings. The van der Waals surface area contributed by atoms with Crippen molar-refractivity contribution in [2.45, 2.75) is 55.4 Å². The van der Waals surface area contributed by atoms with E-state index in [4.69, 9.17) is 0 Å². The van der Waals surface area contributed by atoms with Gasteiger partial charge in [0, 0.05) is 0 Å². The molecule has 0 aliphatic heterocycles. The maximum absolute atomic E-state index is 2.29. The van der Waals surface area contributed by atoms with E-state index in [2.05, 4.69) is 71.1 Å². The highest BCUT2D eigenvalue weighted by Gasteiger charge is 2.19. The Kier molecular flexibility index (Phi) is 4.35. The van der Waals surface area contributed by atoms with Crippen LogP contribution in [-0.4, -0.2) is 15.7 Å².